The SMILES string of the molecule is Cc1c(C#CCN)cccc1C(=O)NC1CCC(O)CC1. The van der Waals surface area contributed by atoms with E-state index in [9.17, 15) is 9.90 Å². The summed E-state index contributed by atoms with van der Waals surface area (Å²) in [4.78, 5) is 12.4. The first-order valence-corrected chi connectivity index (χ1v) is 7.39. The van der Waals surface area contributed by atoms with E-state index in [2.05, 4.69) is 17.2 Å². The van der Waals surface area contributed by atoms with E-state index in [1.807, 2.05) is 25.1 Å². The molecule has 1 amide bonds. The van der Waals surface area contributed by atoms with Gasteiger partial charge < -0.3 is 16.2 Å². The second-order valence-corrected chi connectivity index (χ2v) is 5.46. The lowest BCUT2D eigenvalue weighted by Gasteiger charge is -2.26. The molecule has 0 heterocycles. The van der Waals surface area contributed by atoms with Crippen molar-refractivity contribution in [1.29, 1.82) is 0 Å². The molecule has 0 saturated heterocycles. The fourth-order valence-electron chi connectivity index (χ4n) is 2.65. The zero-order chi connectivity index (χ0) is 15.2. The maximum Gasteiger partial charge on any atom is 0.251 e. The van der Waals surface area contributed by atoms with E-state index >= 15 is 0 Å². The predicted molar refractivity (Wildman–Crippen MR) is 82.8 cm³/mol. The topological polar surface area (TPSA) is 75.4 Å². The Morgan fingerprint density at radius 1 is 1.38 bits per heavy atom. The van der Waals surface area contributed by atoms with Crippen LogP contribution in [0.3, 0.4) is 0 Å². The number of hydrogen-bond acceptors (Lipinski definition) is 3. The average Bonchev–Trinajstić information content (AvgIpc) is 2.48. The van der Waals surface area contributed by atoms with E-state index in [4.69, 9.17) is 5.73 Å². The molecule has 112 valence electrons. The fourth-order valence-corrected chi connectivity index (χ4v) is 2.65. The van der Waals surface area contributed by atoms with Crippen LogP contribution in [0, 0.1) is 18.8 Å². The van der Waals surface area contributed by atoms with Gasteiger partial charge in [0.2, 0.25) is 0 Å². The molecule has 1 aromatic carbocycles. The van der Waals surface area contributed by atoms with Crippen LogP contribution in [0.2, 0.25) is 0 Å². The van der Waals surface area contributed by atoms with Gasteiger partial charge in [-0.05, 0) is 50.3 Å². The van der Waals surface area contributed by atoms with Crippen molar-refractivity contribution in [3.05, 3.63) is 34.9 Å². The number of amides is 1. The number of rotatable bonds is 2. The highest BCUT2D eigenvalue weighted by molar-refractivity contribution is 5.96. The van der Waals surface area contributed by atoms with Crippen LogP contribution in [0.1, 0.15) is 47.2 Å². The Morgan fingerprint density at radius 2 is 2.10 bits per heavy atom. The quantitative estimate of drug-likeness (QED) is 0.718. The van der Waals surface area contributed by atoms with Crippen molar-refractivity contribution < 1.29 is 9.90 Å². The lowest BCUT2D eigenvalue weighted by Crippen LogP contribution is -2.38. The Balaban J connectivity index is 2.09. The van der Waals surface area contributed by atoms with Crippen molar-refractivity contribution in [1.82, 2.24) is 5.32 Å². The molecule has 0 atom stereocenters. The van der Waals surface area contributed by atoms with Crippen molar-refractivity contribution in [3.8, 4) is 11.8 Å². The molecular formula is C17H22N2O2. The van der Waals surface area contributed by atoms with E-state index in [1.54, 1.807) is 0 Å². The van der Waals surface area contributed by atoms with Gasteiger partial charge in [-0.2, -0.15) is 0 Å². The summed E-state index contributed by atoms with van der Waals surface area (Å²) in [6.07, 6.45) is 2.96. The molecule has 1 aromatic rings. The molecule has 1 fully saturated rings. The summed E-state index contributed by atoms with van der Waals surface area (Å²) in [5, 5.41) is 12.6. The third-order valence-corrected chi connectivity index (χ3v) is 3.94. The summed E-state index contributed by atoms with van der Waals surface area (Å²) < 4.78 is 0. The molecule has 2 rings (SSSR count). The molecule has 4 N–H and O–H groups in total. The highest BCUT2D eigenvalue weighted by Crippen LogP contribution is 2.19. The number of nitrogens with two attached hydrogens (primary N) is 1. The first-order chi connectivity index (χ1) is 10.1. The Morgan fingerprint density at radius 3 is 2.76 bits per heavy atom. The molecule has 4 heteroatoms. The Hall–Kier alpha value is -1.83. The fraction of sp³-hybridized carbons (Fsp3) is 0.471. The van der Waals surface area contributed by atoms with Crippen LogP contribution >= 0.6 is 0 Å². The van der Waals surface area contributed by atoms with Crippen molar-refractivity contribution in [2.45, 2.75) is 44.8 Å². The number of aliphatic hydroxyl groups is 1. The van der Waals surface area contributed by atoms with Crippen LogP contribution in [0.25, 0.3) is 0 Å². The summed E-state index contributed by atoms with van der Waals surface area (Å²) in [5.74, 6) is 5.74. The van der Waals surface area contributed by atoms with E-state index in [1.165, 1.54) is 0 Å². The molecule has 0 unspecified atom stereocenters. The van der Waals surface area contributed by atoms with Crippen molar-refractivity contribution in [2.75, 3.05) is 6.54 Å². The maximum absolute atomic E-state index is 12.4. The number of benzene rings is 1. The molecule has 0 aliphatic heterocycles. The van der Waals surface area contributed by atoms with Gasteiger partial charge in [-0.3, -0.25) is 4.79 Å². The molecule has 1 aliphatic rings. The molecular weight excluding hydrogens is 264 g/mol. The minimum absolute atomic E-state index is 0.0645. The third-order valence-electron chi connectivity index (χ3n) is 3.94. The number of carbonyl (C=O) groups is 1. The van der Waals surface area contributed by atoms with Crippen LogP contribution < -0.4 is 11.1 Å². The second-order valence-electron chi connectivity index (χ2n) is 5.46. The largest absolute Gasteiger partial charge is 0.393 e. The van der Waals surface area contributed by atoms with Crippen LogP contribution in [-0.2, 0) is 0 Å². The van der Waals surface area contributed by atoms with Gasteiger partial charge in [0.25, 0.3) is 5.91 Å². The van der Waals surface area contributed by atoms with Gasteiger partial charge in [-0.25, -0.2) is 0 Å². The zero-order valence-electron chi connectivity index (χ0n) is 12.4. The molecule has 1 aliphatic carbocycles. The van der Waals surface area contributed by atoms with Gasteiger partial charge in [-0.15, -0.1) is 0 Å². The molecule has 1 saturated carbocycles. The minimum atomic E-state index is -0.213. The maximum atomic E-state index is 12.4. The van der Waals surface area contributed by atoms with Crippen LogP contribution in [0.4, 0.5) is 0 Å². The normalized spacial score (nSPS) is 21.3. The Kier molecular flexibility index (Phi) is 5.38. The van der Waals surface area contributed by atoms with Gasteiger partial charge in [0.1, 0.15) is 0 Å². The van der Waals surface area contributed by atoms with Gasteiger partial charge >= 0.3 is 0 Å². The van der Waals surface area contributed by atoms with Gasteiger partial charge in [-0.1, -0.05) is 17.9 Å². The average molecular weight is 286 g/mol. The zero-order valence-corrected chi connectivity index (χ0v) is 12.4. The van der Waals surface area contributed by atoms with E-state index in [0.29, 0.717) is 12.1 Å². The number of aliphatic hydroxyl groups excluding tert-OH is 1. The van der Waals surface area contributed by atoms with Crippen LogP contribution in [-0.4, -0.2) is 29.7 Å². The molecule has 0 radical (unpaired) electrons. The highest BCUT2D eigenvalue weighted by atomic mass is 16.3. The highest BCUT2D eigenvalue weighted by Gasteiger charge is 2.22. The van der Waals surface area contributed by atoms with Crippen molar-refractivity contribution >= 4 is 5.91 Å². The summed E-state index contributed by atoms with van der Waals surface area (Å²) in [5.41, 5.74) is 7.76. The van der Waals surface area contributed by atoms with Crippen molar-refractivity contribution in [3.63, 3.8) is 0 Å². The Labute approximate surface area is 125 Å². The number of nitrogens with one attached hydrogen (secondary N) is 1. The summed E-state index contributed by atoms with van der Waals surface area (Å²) in [6, 6.07) is 5.70. The first kappa shape index (κ1) is 15.6. The number of carbonyl (C=O) groups excluding carboxylic acids is 1. The monoisotopic (exact) mass is 286 g/mol. The second kappa shape index (κ2) is 7.26. The van der Waals surface area contributed by atoms with E-state index in [0.717, 1.165) is 36.8 Å². The molecule has 4 nitrogen and oxygen atoms in total. The standard InChI is InChI=1S/C17H22N2O2/c1-12-13(5-3-11-18)4-2-6-16(12)17(21)19-14-7-9-15(20)10-8-14/h2,4,6,14-15,20H,7-11,18H2,1H3,(H,19,21). The van der Waals surface area contributed by atoms with Gasteiger partial charge in [0, 0.05) is 17.2 Å². The van der Waals surface area contributed by atoms with Crippen molar-refractivity contribution in [2.24, 2.45) is 5.73 Å². The van der Waals surface area contributed by atoms with E-state index in [-0.39, 0.29) is 18.1 Å². The minimum Gasteiger partial charge on any atom is -0.393 e. The number of hydrogen-bond donors (Lipinski definition) is 3. The first-order valence-electron chi connectivity index (χ1n) is 7.39. The van der Waals surface area contributed by atoms with Gasteiger partial charge in [0.15, 0.2) is 0 Å². The van der Waals surface area contributed by atoms with Crippen LogP contribution in [0.5, 0.6) is 0 Å². The predicted octanol–water partition coefficient (Wildman–Crippen LogP) is 1.34. The summed E-state index contributed by atoms with van der Waals surface area (Å²) in [6.45, 7) is 2.21. The molecule has 0 bridgehead atoms. The molecule has 0 aromatic heterocycles. The molecule has 21 heavy (non-hydrogen) atoms. The summed E-state index contributed by atoms with van der Waals surface area (Å²) in [7, 11) is 0. The summed E-state index contributed by atoms with van der Waals surface area (Å²) >= 11 is 0. The van der Waals surface area contributed by atoms with Gasteiger partial charge in [0.05, 0.1) is 12.6 Å². The smallest absolute Gasteiger partial charge is 0.251 e. The lowest BCUT2D eigenvalue weighted by atomic mass is 9.92. The lowest BCUT2D eigenvalue weighted by molar-refractivity contribution is 0.0867. The molecule has 0 spiro atoms. The third kappa shape index (κ3) is 4.07. The van der Waals surface area contributed by atoms with E-state index < -0.39 is 0 Å². The van der Waals surface area contributed by atoms with Crippen LogP contribution in [0.15, 0.2) is 18.2 Å². The Bertz CT molecular complexity index is 564.